The molecule has 0 radical (unpaired) electrons. The molecule has 0 fully saturated rings. The van der Waals surface area contributed by atoms with E-state index in [4.69, 9.17) is 0 Å². The molecule has 0 spiro atoms. The zero-order chi connectivity index (χ0) is 20.2. The van der Waals surface area contributed by atoms with Crippen molar-refractivity contribution in [2.45, 2.75) is 24.3 Å². The minimum absolute atomic E-state index is 0.0590. The number of carbonyl (C=O) groups excluding carboxylic acids is 2. The van der Waals surface area contributed by atoms with E-state index in [0.717, 1.165) is 0 Å². The molecule has 0 saturated heterocycles. The van der Waals surface area contributed by atoms with Gasteiger partial charge in [-0.25, -0.2) is 17.5 Å². The zero-order valence-electron chi connectivity index (χ0n) is 15.3. The fourth-order valence-electron chi connectivity index (χ4n) is 2.46. The van der Waals surface area contributed by atoms with E-state index >= 15 is 0 Å². The second-order valence-electron chi connectivity index (χ2n) is 6.38. The number of nitrogens with one attached hydrogen (secondary N) is 1. The van der Waals surface area contributed by atoms with Crippen molar-refractivity contribution in [1.29, 1.82) is 0 Å². The quantitative estimate of drug-likeness (QED) is 0.734. The summed E-state index contributed by atoms with van der Waals surface area (Å²) in [5.41, 5.74) is 0.555. The molecule has 1 amide bonds. The van der Waals surface area contributed by atoms with E-state index in [9.17, 15) is 22.4 Å². The van der Waals surface area contributed by atoms with Gasteiger partial charge in [-0.05, 0) is 49.4 Å². The molecule has 27 heavy (non-hydrogen) atoms. The fourth-order valence-corrected chi connectivity index (χ4v) is 3.75. The van der Waals surface area contributed by atoms with Crippen LogP contribution in [0.4, 0.5) is 4.39 Å². The Morgan fingerprint density at radius 3 is 2.30 bits per heavy atom. The van der Waals surface area contributed by atoms with Crippen LogP contribution in [-0.2, 0) is 10.0 Å². The van der Waals surface area contributed by atoms with E-state index in [1.54, 1.807) is 21.0 Å². The van der Waals surface area contributed by atoms with Gasteiger partial charge < -0.3 is 4.90 Å². The van der Waals surface area contributed by atoms with Crippen LogP contribution in [0.5, 0.6) is 0 Å². The van der Waals surface area contributed by atoms with Gasteiger partial charge in [0.15, 0.2) is 5.78 Å². The smallest absolute Gasteiger partial charge is 0.253 e. The molecule has 6 nitrogen and oxygen atoms in total. The highest BCUT2D eigenvalue weighted by atomic mass is 32.2. The SMILES string of the molecule is CC(CC(=O)c1ccc(F)cc1)NS(=O)(=O)c1cccc(C(=O)N(C)C)c1. The van der Waals surface area contributed by atoms with Crippen molar-refractivity contribution in [3.63, 3.8) is 0 Å². The van der Waals surface area contributed by atoms with Gasteiger partial charge >= 0.3 is 0 Å². The molecule has 2 aromatic rings. The third-order valence-corrected chi connectivity index (χ3v) is 5.40. The first-order valence-corrected chi connectivity index (χ1v) is 9.71. The standard InChI is InChI=1S/C19H21FN2O4S/c1-13(11-18(23)14-7-9-16(20)10-8-14)21-27(25,26)17-6-4-5-15(12-17)19(24)22(2)3/h4-10,12-13,21H,11H2,1-3H3. The Kier molecular flexibility index (Phi) is 6.45. The molecule has 0 aliphatic rings. The number of amides is 1. The monoisotopic (exact) mass is 392 g/mol. The summed E-state index contributed by atoms with van der Waals surface area (Å²) in [6, 6.07) is 10.1. The Morgan fingerprint density at radius 2 is 1.70 bits per heavy atom. The largest absolute Gasteiger partial charge is 0.345 e. The topological polar surface area (TPSA) is 83.5 Å². The predicted octanol–water partition coefficient (Wildman–Crippen LogP) is 2.47. The van der Waals surface area contributed by atoms with Crippen molar-refractivity contribution in [1.82, 2.24) is 9.62 Å². The molecule has 1 atom stereocenters. The van der Waals surface area contributed by atoms with Crippen LogP contribution in [0.25, 0.3) is 0 Å². The first-order chi connectivity index (χ1) is 12.6. The van der Waals surface area contributed by atoms with E-state index in [0.29, 0.717) is 5.56 Å². The van der Waals surface area contributed by atoms with Crippen LogP contribution in [0.1, 0.15) is 34.1 Å². The number of carbonyl (C=O) groups is 2. The molecule has 8 heteroatoms. The summed E-state index contributed by atoms with van der Waals surface area (Å²) in [7, 11) is -0.760. The van der Waals surface area contributed by atoms with Crippen LogP contribution in [-0.4, -0.2) is 45.1 Å². The molecule has 0 aliphatic carbocycles. The lowest BCUT2D eigenvalue weighted by molar-refractivity contribution is 0.0827. The lowest BCUT2D eigenvalue weighted by Gasteiger charge is -2.15. The number of rotatable bonds is 7. The van der Waals surface area contributed by atoms with Gasteiger partial charge in [0.05, 0.1) is 4.90 Å². The first kappa shape index (κ1) is 20.7. The molecule has 0 bridgehead atoms. The van der Waals surface area contributed by atoms with Crippen molar-refractivity contribution in [3.05, 3.63) is 65.5 Å². The maximum atomic E-state index is 12.9. The average Bonchev–Trinajstić information content (AvgIpc) is 2.61. The van der Waals surface area contributed by atoms with Gasteiger partial charge in [-0.15, -0.1) is 0 Å². The van der Waals surface area contributed by atoms with Gasteiger partial charge in [-0.3, -0.25) is 9.59 Å². The molecule has 0 saturated carbocycles. The summed E-state index contributed by atoms with van der Waals surface area (Å²) in [6.07, 6.45) is -0.0822. The molecular weight excluding hydrogens is 371 g/mol. The Labute approximate surface area is 158 Å². The molecule has 1 N–H and O–H groups in total. The van der Waals surface area contributed by atoms with E-state index < -0.39 is 21.9 Å². The number of hydrogen-bond acceptors (Lipinski definition) is 4. The Hall–Kier alpha value is -2.58. The predicted molar refractivity (Wildman–Crippen MR) is 99.6 cm³/mol. The van der Waals surface area contributed by atoms with Crippen molar-refractivity contribution in [2.75, 3.05) is 14.1 Å². The number of ketones is 1. The minimum Gasteiger partial charge on any atom is -0.345 e. The highest BCUT2D eigenvalue weighted by molar-refractivity contribution is 7.89. The Balaban J connectivity index is 2.11. The lowest BCUT2D eigenvalue weighted by atomic mass is 10.1. The first-order valence-electron chi connectivity index (χ1n) is 8.23. The summed E-state index contributed by atoms with van der Waals surface area (Å²) in [6.45, 7) is 1.56. The number of halogens is 1. The van der Waals surface area contributed by atoms with Crippen LogP contribution in [0.15, 0.2) is 53.4 Å². The number of nitrogens with zero attached hydrogens (tertiary/aromatic N) is 1. The van der Waals surface area contributed by atoms with Crippen molar-refractivity contribution in [2.24, 2.45) is 0 Å². The lowest BCUT2D eigenvalue weighted by Crippen LogP contribution is -2.34. The van der Waals surface area contributed by atoms with Gasteiger partial charge in [-0.2, -0.15) is 0 Å². The second kappa shape index (κ2) is 8.41. The molecule has 0 heterocycles. The molecule has 0 aliphatic heterocycles. The third kappa shape index (κ3) is 5.45. The Bertz CT molecular complexity index is 940. The van der Waals surface area contributed by atoms with E-state index in [1.807, 2.05) is 0 Å². The molecular formula is C19H21FN2O4S. The van der Waals surface area contributed by atoms with E-state index in [-0.39, 0.29) is 28.6 Å². The molecule has 1 unspecified atom stereocenters. The highest BCUT2D eigenvalue weighted by Crippen LogP contribution is 2.15. The van der Waals surface area contributed by atoms with Crippen LogP contribution >= 0.6 is 0 Å². The molecule has 2 aromatic carbocycles. The van der Waals surface area contributed by atoms with Gasteiger partial charge in [0.1, 0.15) is 5.82 Å². The van der Waals surface area contributed by atoms with E-state index in [2.05, 4.69) is 4.72 Å². The number of sulfonamides is 1. The van der Waals surface area contributed by atoms with Crippen LogP contribution in [0.3, 0.4) is 0 Å². The second-order valence-corrected chi connectivity index (χ2v) is 8.10. The summed E-state index contributed by atoms with van der Waals surface area (Å²) < 4.78 is 40.5. The number of benzene rings is 2. The number of Topliss-reactive ketones (excluding diaryl/α,β-unsaturated/α-hetero) is 1. The highest BCUT2D eigenvalue weighted by Gasteiger charge is 2.21. The average molecular weight is 392 g/mol. The fraction of sp³-hybridized carbons (Fsp3) is 0.263. The van der Waals surface area contributed by atoms with Crippen LogP contribution in [0.2, 0.25) is 0 Å². The summed E-state index contributed by atoms with van der Waals surface area (Å²) in [5, 5.41) is 0. The van der Waals surface area contributed by atoms with Gasteiger partial charge in [-0.1, -0.05) is 6.07 Å². The van der Waals surface area contributed by atoms with Crippen molar-refractivity contribution >= 4 is 21.7 Å². The van der Waals surface area contributed by atoms with Crippen LogP contribution in [0, 0.1) is 5.82 Å². The summed E-state index contributed by atoms with van der Waals surface area (Å²) in [4.78, 5) is 25.5. The molecule has 144 valence electrons. The van der Waals surface area contributed by atoms with Crippen molar-refractivity contribution in [3.8, 4) is 0 Å². The maximum absolute atomic E-state index is 12.9. The maximum Gasteiger partial charge on any atom is 0.253 e. The van der Waals surface area contributed by atoms with Crippen molar-refractivity contribution < 1.29 is 22.4 Å². The van der Waals surface area contributed by atoms with Gasteiger partial charge in [0.25, 0.3) is 5.91 Å². The molecule has 2 rings (SSSR count). The summed E-state index contributed by atoms with van der Waals surface area (Å²) >= 11 is 0. The number of hydrogen-bond donors (Lipinski definition) is 1. The third-order valence-electron chi connectivity index (χ3n) is 3.81. The zero-order valence-corrected chi connectivity index (χ0v) is 16.1. The minimum atomic E-state index is -3.91. The van der Waals surface area contributed by atoms with Gasteiger partial charge in [0.2, 0.25) is 10.0 Å². The Morgan fingerprint density at radius 1 is 1.07 bits per heavy atom. The summed E-state index contributed by atoms with van der Waals surface area (Å²) in [5.74, 6) is -1.07. The molecule has 0 aromatic heterocycles. The van der Waals surface area contributed by atoms with Gasteiger partial charge in [0, 0.05) is 37.7 Å². The van der Waals surface area contributed by atoms with Crippen LogP contribution < -0.4 is 4.72 Å². The van der Waals surface area contributed by atoms with E-state index in [1.165, 1.54) is 53.4 Å². The normalized spacial score (nSPS) is 12.4.